The summed E-state index contributed by atoms with van der Waals surface area (Å²) in [6, 6.07) is 6.31. The van der Waals surface area contributed by atoms with Crippen LogP contribution < -0.4 is 4.74 Å². The number of carbonyl (C=O) groups excluding carboxylic acids is 1. The second-order valence-electron chi connectivity index (χ2n) is 7.70. The number of aromatic nitrogens is 1. The molecule has 0 bridgehead atoms. The molecule has 4 rings (SSSR count). The molecule has 2 aliphatic heterocycles. The summed E-state index contributed by atoms with van der Waals surface area (Å²) in [5.74, 6) is 0.707. The van der Waals surface area contributed by atoms with E-state index in [-0.39, 0.29) is 23.8 Å². The Morgan fingerprint density at radius 1 is 1.31 bits per heavy atom. The van der Waals surface area contributed by atoms with Gasteiger partial charge >= 0.3 is 5.97 Å². The number of fused-ring (bicyclic) bond motifs is 5. The Morgan fingerprint density at radius 3 is 2.83 bits per heavy atom. The first-order valence-corrected chi connectivity index (χ1v) is 9.98. The van der Waals surface area contributed by atoms with Gasteiger partial charge in [-0.25, -0.2) is 4.79 Å². The fourth-order valence-corrected chi connectivity index (χ4v) is 5.04. The van der Waals surface area contributed by atoms with E-state index in [0.717, 1.165) is 37.2 Å². The molecule has 154 valence electrons. The Kier molecular flexibility index (Phi) is 5.37. The van der Waals surface area contributed by atoms with Crippen LogP contribution in [0.5, 0.6) is 5.75 Å². The van der Waals surface area contributed by atoms with Crippen LogP contribution >= 0.6 is 0 Å². The lowest BCUT2D eigenvalue weighted by atomic mass is 9.75. The minimum atomic E-state index is -0.341. The van der Waals surface area contributed by atoms with Gasteiger partial charge < -0.3 is 19.2 Å². The summed E-state index contributed by atoms with van der Waals surface area (Å²) < 4.78 is 15.9. The van der Waals surface area contributed by atoms with Crippen molar-refractivity contribution < 1.29 is 19.0 Å². The van der Waals surface area contributed by atoms with E-state index < -0.39 is 0 Å². The fraction of sp³-hybridized carbons (Fsp3) is 0.435. The van der Waals surface area contributed by atoms with Gasteiger partial charge in [-0.15, -0.1) is 6.58 Å². The van der Waals surface area contributed by atoms with Gasteiger partial charge in [-0.3, -0.25) is 4.90 Å². The monoisotopic (exact) mass is 396 g/mol. The molecule has 2 aliphatic rings. The highest BCUT2D eigenvalue weighted by Gasteiger charge is 2.42. The number of hydrogen-bond donors (Lipinski definition) is 1. The summed E-state index contributed by atoms with van der Waals surface area (Å²) in [6.45, 7) is 5.85. The lowest BCUT2D eigenvalue weighted by Crippen LogP contribution is -2.46. The smallest absolute Gasteiger partial charge is 0.337 e. The second-order valence-corrected chi connectivity index (χ2v) is 7.70. The van der Waals surface area contributed by atoms with Crippen molar-refractivity contribution in [3.05, 3.63) is 53.9 Å². The van der Waals surface area contributed by atoms with Crippen molar-refractivity contribution in [3.8, 4) is 5.75 Å². The van der Waals surface area contributed by atoms with Crippen molar-refractivity contribution in [2.45, 2.75) is 18.9 Å². The zero-order valence-electron chi connectivity index (χ0n) is 17.2. The molecule has 1 N–H and O–H groups in total. The topological polar surface area (TPSA) is 63.8 Å². The SMILES string of the molecule is C=C[C@H]1CN2CCc3c([nH]c4cccc(OC)c34)[C@@H]2C[C@@H]1/C(=C\OC)C(=O)OC. The van der Waals surface area contributed by atoms with Gasteiger partial charge in [-0.2, -0.15) is 0 Å². The molecule has 1 saturated heterocycles. The first-order valence-electron chi connectivity index (χ1n) is 9.98. The van der Waals surface area contributed by atoms with E-state index in [1.807, 2.05) is 18.2 Å². The van der Waals surface area contributed by atoms with Crippen LogP contribution in [0.15, 0.2) is 42.7 Å². The van der Waals surface area contributed by atoms with E-state index in [1.165, 1.54) is 30.0 Å². The van der Waals surface area contributed by atoms with Gasteiger partial charge in [0.15, 0.2) is 0 Å². The molecule has 2 aromatic rings. The van der Waals surface area contributed by atoms with E-state index >= 15 is 0 Å². The van der Waals surface area contributed by atoms with Crippen LogP contribution in [0.25, 0.3) is 10.9 Å². The summed E-state index contributed by atoms with van der Waals surface area (Å²) >= 11 is 0. The maximum Gasteiger partial charge on any atom is 0.337 e. The highest BCUT2D eigenvalue weighted by Crippen LogP contribution is 2.46. The number of nitrogens with one attached hydrogen (secondary N) is 1. The second kappa shape index (κ2) is 7.95. The van der Waals surface area contributed by atoms with Crippen LogP contribution in [0, 0.1) is 11.8 Å². The summed E-state index contributed by atoms with van der Waals surface area (Å²) in [5, 5.41) is 1.17. The van der Waals surface area contributed by atoms with E-state index in [0.29, 0.717) is 5.57 Å². The molecular formula is C23H28N2O4. The van der Waals surface area contributed by atoms with Crippen molar-refractivity contribution in [1.29, 1.82) is 0 Å². The first-order chi connectivity index (χ1) is 14.1. The molecule has 3 heterocycles. The quantitative estimate of drug-likeness (QED) is 0.362. The molecule has 1 aromatic carbocycles. The number of H-pyrrole nitrogens is 1. The van der Waals surface area contributed by atoms with E-state index in [9.17, 15) is 4.79 Å². The van der Waals surface area contributed by atoms with Crippen LogP contribution in [-0.4, -0.2) is 50.3 Å². The molecule has 0 amide bonds. The molecule has 0 spiro atoms. The molecule has 1 aromatic heterocycles. The number of nitrogens with zero attached hydrogens (tertiary/aromatic N) is 1. The number of hydrogen-bond acceptors (Lipinski definition) is 5. The maximum atomic E-state index is 12.4. The highest BCUT2D eigenvalue weighted by atomic mass is 16.5. The predicted molar refractivity (Wildman–Crippen MR) is 112 cm³/mol. The van der Waals surface area contributed by atoms with Crippen molar-refractivity contribution in [2.24, 2.45) is 11.8 Å². The van der Waals surface area contributed by atoms with E-state index in [1.54, 1.807) is 14.2 Å². The third-order valence-electron chi connectivity index (χ3n) is 6.37. The summed E-state index contributed by atoms with van der Waals surface area (Å²) in [4.78, 5) is 18.6. The zero-order valence-corrected chi connectivity index (χ0v) is 17.2. The van der Waals surface area contributed by atoms with Crippen molar-refractivity contribution in [1.82, 2.24) is 9.88 Å². The Balaban J connectivity index is 1.77. The number of carbonyl (C=O) groups is 1. The lowest BCUT2D eigenvalue weighted by Gasteiger charge is -2.45. The molecule has 6 nitrogen and oxygen atoms in total. The summed E-state index contributed by atoms with van der Waals surface area (Å²) in [7, 11) is 4.68. The van der Waals surface area contributed by atoms with Gasteiger partial charge in [0.05, 0.1) is 39.2 Å². The third-order valence-corrected chi connectivity index (χ3v) is 6.37. The Labute approximate surface area is 171 Å². The highest BCUT2D eigenvalue weighted by molar-refractivity contribution is 5.91. The van der Waals surface area contributed by atoms with Gasteiger partial charge in [-0.1, -0.05) is 12.1 Å². The zero-order chi connectivity index (χ0) is 20.5. The van der Waals surface area contributed by atoms with Crippen molar-refractivity contribution in [2.75, 3.05) is 34.4 Å². The van der Waals surface area contributed by atoms with Gasteiger partial charge in [-0.05, 0) is 36.5 Å². The molecule has 1 fully saturated rings. The molecule has 29 heavy (non-hydrogen) atoms. The first kappa shape index (κ1) is 19.6. The van der Waals surface area contributed by atoms with Gasteiger partial charge in [0.1, 0.15) is 5.75 Å². The normalized spacial score (nSPS) is 24.5. The van der Waals surface area contributed by atoms with Crippen LogP contribution in [0.2, 0.25) is 0 Å². The molecular weight excluding hydrogens is 368 g/mol. The number of rotatable bonds is 5. The average molecular weight is 396 g/mol. The minimum absolute atomic E-state index is 0.0135. The minimum Gasteiger partial charge on any atom is -0.504 e. The van der Waals surface area contributed by atoms with Crippen LogP contribution in [0.3, 0.4) is 0 Å². The van der Waals surface area contributed by atoms with E-state index in [4.69, 9.17) is 14.2 Å². The molecule has 3 atom stereocenters. The van der Waals surface area contributed by atoms with Crippen LogP contribution in [-0.2, 0) is 20.7 Å². The molecule has 0 aliphatic carbocycles. The average Bonchev–Trinajstić information content (AvgIpc) is 3.15. The van der Waals surface area contributed by atoms with Gasteiger partial charge in [0.25, 0.3) is 0 Å². The Morgan fingerprint density at radius 2 is 2.14 bits per heavy atom. The standard InChI is InChI=1S/C23H28N2O4/c1-5-14-12-25-10-9-15-21-18(7-6-8-20(21)28-3)24-22(15)19(25)11-16(14)17(13-27-2)23(26)29-4/h5-8,13-14,16,19,24H,1,9-12H2,2-4H3/b17-13+/t14-,16-,19-/m0/s1. The molecule has 6 heteroatoms. The third kappa shape index (κ3) is 3.21. The molecule has 0 unspecified atom stereocenters. The van der Waals surface area contributed by atoms with Crippen LogP contribution in [0.1, 0.15) is 23.7 Å². The number of esters is 1. The van der Waals surface area contributed by atoms with E-state index in [2.05, 4.69) is 22.5 Å². The van der Waals surface area contributed by atoms with Gasteiger partial charge in [0.2, 0.25) is 0 Å². The van der Waals surface area contributed by atoms with Crippen molar-refractivity contribution >= 4 is 16.9 Å². The Hall–Kier alpha value is -2.73. The fourth-order valence-electron chi connectivity index (χ4n) is 5.04. The summed E-state index contributed by atoms with van der Waals surface area (Å²) in [5.41, 5.74) is 4.22. The summed E-state index contributed by atoms with van der Waals surface area (Å²) in [6.07, 6.45) is 5.25. The Bertz CT molecular complexity index is 961. The maximum absolute atomic E-state index is 12.4. The van der Waals surface area contributed by atoms with Crippen LogP contribution in [0.4, 0.5) is 0 Å². The van der Waals surface area contributed by atoms with Crippen molar-refractivity contribution in [3.63, 3.8) is 0 Å². The lowest BCUT2D eigenvalue weighted by molar-refractivity contribution is -0.137. The number of ether oxygens (including phenoxy) is 3. The number of benzene rings is 1. The molecule has 0 saturated carbocycles. The number of piperidine rings is 1. The number of methoxy groups -OCH3 is 3. The largest absolute Gasteiger partial charge is 0.504 e. The number of aromatic amines is 1. The van der Waals surface area contributed by atoms with Gasteiger partial charge in [0, 0.05) is 35.6 Å². The molecule has 0 radical (unpaired) electrons. The predicted octanol–water partition coefficient (Wildman–Crippen LogP) is 3.60.